The van der Waals surface area contributed by atoms with E-state index in [4.69, 9.17) is 9.47 Å². The van der Waals surface area contributed by atoms with Crippen molar-refractivity contribution in [2.24, 2.45) is 11.3 Å². The number of nitrogens with one attached hydrogen (secondary N) is 2. The Balaban J connectivity index is 1.42. The molecule has 1 saturated carbocycles. The standard InChI is InChI=1S/C21H29N3O4/c1-2-24(20(26)21-8-4-3-5-15(21)12-22-14-21)13-19(25)23-16-6-7-17-18(11-16)28-10-9-27-17/h6-7,11,15,22H,2-5,8-10,12-14H2,1H3,(H,23,25)/t15-,21+/m0/s1. The lowest BCUT2D eigenvalue weighted by Crippen LogP contribution is -2.51. The highest BCUT2D eigenvalue weighted by atomic mass is 16.6. The zero-order chi connectivity index (χ0) is 19.6. The average Bonchev–Trinajstić information content (AvgIpc) is 3.16. The molecule has 1 aromatic carbocycles. The molecule has 1 saturated heterocycles. The van der Waals surface area contributed by atoms with Crippen molar-refractivity contribution in [2.45, 2.75) is 32.6 Å². The van der Waals surface area contributed by atoms with Crippen molar-refractivity contribution in [3.8, 4) is 11.5 Å². The summed E-state index contributed by atoms with van der Waals surface area (Å²) in [6, 6.07) is 5.35. The van der Waals surface area contributed by atoms with Gasteiger partial charge in [0, 0.05) is 24.8 Å². The molecule has 4 rings (SSSR count). The topological polar surface area (TPSA) is 79.9 Å². The molecule has 2 atom stereocenters. The average molecular weight is 387 g/mol. The zero-order valence-corrected chi connectivity index (χ0v) is 16.5. The summed E-state index contributed by atoms with van der Waals surface area (Å²) < 4.78 is 11.1. The van der Waals surface area contributed by atoms with Crippen LogP contribution in [0, 0.1) is 11.3 Å². The molecule has 7 nitrogen and oxygen atoms in total. The van der Waals surface area contributed by atoms with Crippen molar-refractivity contribution in [3.63, 3.8) is 0 Å². The van der Waals surface area contributed by atoms with Crippen LogP contribution in [0.15, 0.2) is 18.2 Å². The molecule has 1 aromatic rings. The Bertz CT molecular complexity index is 753. The third-order valence-electron chi connectivity index (χ3n) is 6.29. The first-order valence-electron chi connectivity index (χ1n) is 10.3. The van der Waals surface area contributed by atoms with Gasteiger partial charge in [-0.05, 0) is 44.4 Å². The number of benzene rings is 1. The minimum Gasteiger partial charge on any atom is -0.486 e. The van der Waals surface area contributed by atoms with E-state index in [2.05, 4.69) is 10.6 Å². The lowest BCUT2D eigenvalue weighted by atomic mass is 9.67. The summed E-state index contributed by atoms with van der Waals surface area (Å²) in [6.45, 7) is 5.21. The fraction of sp³-hybridized carbons (Fsp3) is 0.619. The van der Waals surface area contributed by atoms with Crippen LogP contribution in [0.2, 0.25) is 0 Å². The molecule has 2 amide bonds. The lowest BCUT2D eigenvalue weighted by Gasteiger charge is -2.40. The summed E-state index contributed by atoms with van der Waals surface area (Å²) in [6.07, 6.45) is 4.30. The highest BCUT2D eigenvalue weighted by Crippen LogP contribution is 2.45. The number of rotatable bonds is 5. The van der Waals surface area contributed by atoms with E-state index in [0.29, 0.717) is 42.9 Å². The van der Waals surface area contributed by atoms with E-state index in [1.807, 2.05) is 6.92 Å². The molecule has 2 heterocycles. The number of hydrogen-bond acceptors (Lipinski definition) is 5. The van der Waals surface area contributed by atoms with Crippen molar-refractivity contribution < 1.29 is 19.1 Å². The molecule has 0 aromatic heterocycles. The Morgan fingerprint density at radius 3 is 2.89 bits per heavy atom. The molecule has 7 heteroatoms. The van der Waals surface area contributed by atoms with Crippen LogP contribution in [0.25, 0.3) is 0 Å². The Kier molecular flexibility index (Phi) is 5.44. The second-order valence-electron chi connectivity index (χ2n) is 7.96. The second kappa shape index (κ2) is 7.99. The molecule has 3 aliphatic rings. The smallest absolute Gasteiger partial charge is 0.243 e. The molecule has 2 aliphatic heterocycles. The quantitative estimate of drug-likeness (QED) is 0.808. The maximum absolute atomic E-state index is 13.4. The minimum atomic E-state index is -0.328. The van der Waals surface area contributed by atoms with E-state index < -0.39 is 0 Å². The van der Waals surface area contributed by atoms with Gasteiger partial charge in [-0.3, -0.25) is 9.59 Å². The summed E-state index contributed by atoms with van der Waals surface area (Å²) in [5, 5.41) is 6.30. The third-order valence-corrected chi connectivity index (χ3v) is 6.29. The molecule has 0 radical (unpaired) electrons. The molecular weight excluding hydrogens is 358 g/mol. The zero-order valence-electron chi connectivity index (χ0n) is 16.5. The van der Waals surface area contributed by atoms with Crippen molar-refractivity contribution in [1.29, 1.82) is 0 Å². The van der Waals surface area contributed by atoms with Crippen LogP contribution in [0.4, 0.5) is 5.69 Å². The molecule has 0 unspecified atom stereocenters. The Morgan fingerprint density at radius 1 is 1.25 bits per heavy atom. The number of hydrogen-bond donors (Lipinski definition) is 2. The van der Waals surface area contributed by atoms with Crippen molar-refractivity contribution >= 4 is 17.5 Å². The molecular formula is C21H29N3O4. The monoisotopic (exact) mass is 387 g/mol. The van der Waals surface area contributed by atoms with Crippen molar-refractivity contribution in [1.82, 2.24) is 10.2 Å². The van der Waals surface area contributed by atoms with Crippen LogP contribution in [-0.4, -0.2) is 56.1 Å². The molecule has 1 aliphatic carbocycles. The van der Waals surface area contributed by atoms with Gasteiger partial charge >= 0.3 is 0 Å². The summed E-state index contributed by atoms with van der Waals surface area (Å²) in [5.41, 5.74) is 0.319. The fourth-order valence-corrected chi connectivity index (χ4v) is 4.81. The van der Waals surface area contributed by atoms with Gasteiger partial charge in [0.15, 0.2) is 11.5 Å². The van der Waals surface area contributed by atoms with Crippen LogP contribution in [0.1, 0.15) is 32.6 Å². The Hall–Kier alpha value is -2.28. The first-order valence-corrected chi connectivity index (χ1v) is 10.3. The van der Waals surface area contributed by atoms with E-state index in [9.17, 15) is 9.59 Å². The predicted molar refractivity (Wildman–Crippen MR) is 106 cm³/mol. The number of carbonyl (C=O) groups is 2. The van der Waals surface area contributed by atoms with Crippen molar-refractivity contribution in [2.75, 3.05) is 44.7 Å². The van der Waals surface area contributed by atoms with E-state index in [1.165, 1.54) is 6.42 Å². The maximum Gasteiger partial charge on any atom is 0.243 e. The normalized spacial score (nSPS) is 25.7. The predicted octanol–water partition coefficient (Wildman–Crippen LogP) is 2.02. The summed E-state index contributed by atoms with van der Waals surface area (Å²) in [4.78, 5) is 27.7. The summed E-state index contributed by atoms with van der Waals surface area (Å²) in [5.74, 6) is 1.64. The van der Waals surface area contributed by atoms with Crippen LogP contribution in [0.5, 0.6) is 11.5 Å². The van der Waals surface area contributed by atoms with Crippen LogP contribution >= 0.6 is 0 Å². The van der Waals surface area contributed by atoms with Gasteiger partial charge in [0.1, 0.15) is 13.2 Å². The molecule has 152 valence electrons. The second-order valence-corrected chi connectivity index (χ2v) is 7.96. The van der Waals surface area contributed by atoms with Crippen molar-refractivity contribution in [3.05, 3.63) is 18.2 Å². The van der Waals surface area contributed by atoms with E-state index in [1.54, 1.807) is 23.1 Å². The van der Waals surface area contributed by atoms with Gasteiger partial charge in [0.2, 0.25) is 11.8 Å². The maximum atomic E-state index is 13.4. The molecule has 2 N–H and O–H groups in total. The van der Waals surface area contributed by atoms with Crippen LogP contribution in [-0.2, 0) is 9.59 Å². The van der Waals surface area contributed by atoms with Gasteiger partial charge in [-0.2, -0.15) is 0 Å². The number of amides is 2. The van der Waals surface area contributed by atoms with Crippen LogP contribution in [0.3, 0.4) is 0 Å². The summed E-state index contributed by atoms with van der Waals surface area (Å²) in [7, 11) is 0. The minimum absolute atomic E-state index is 0.0677. The van der Waals surface area contributed by atoms with E-state index in [-0.39, 0.29) is 23.8 Å². The van der Waals surface area contributed by atoms with Gasteiger partial charge in [0.25, 0.3) is 0 Å². The van der Waals surface area contributed by atoms with E-state index >= 15 is 0 Å². The number of fused-ring (bicyclic) bond motifs is 2. The molecule has 2 fully saturated rings. The first kappa shape index (κ1) is 19.1. The molecule has 28 heavy (non-hydrogen) atoms. The third kappa shape index (κ3) is 3.55. The number of anilines is 1. The number of likely N-dealkylation sites (N-methyl/N-ethyl adjacent to an activating group) is 1. The van der Waals surface area contributed by atoms with Gasteiger partial charge in [-0.25, -0.2) is 0 Å². The Morgan fingerprint density at radius 2 is 2.07 bits per heavy atom. The fourth-order valence-electron chi connectivity index (χ4n) is 4.81. The van der Waals surface area contributed by atoms with Gasteiger partial charge in [-0.1, -0.05) is 12.8 Å². The number of carbonyl (C=O) groups excluding carboxylic acids is 2. The molecule has 0 spiro atoms. The number of nitrogens with zero attached hydrogens (tertiary/aromatic N) is 1. The highest BCUT2D eigenvalue weighted by Gasteiger charge is 2.51. The van der Waals surface area contributed by atoms with Gasteiger partial charge in [-0.15, -0.1) is 0 Å². The van der Waals surface area contributed by atoms with Gasteiger partial charge in [0.05, 0.1) is 12.0 Å². The summed E-state index contributed by atoms with van der Waals surface area (Å²) >= 11 is 0. The van der Waals surface area contributed by atoms with Crippen LogP contribution < -0.4 is 20.1 Å². The first-order chi connectivity index (χ1) is 13.6. The van der Waals surface area contributed by atoms with E-state index in [0.717, 1.165) is 32.4 Å². The largest absolute Gasteiger partial charge is 0.486 e. The highest BCUT2D eigenvalue weighted by molar-refractivity contribution is 5.96. The van der Waals surface area contributed by atoms with Gasteiger partial charge < -0.3 is 25.0 Å². The Labute approximate surface area is 165 Å². The number of ether oxygens (including phenoxy) is 2. The molecule has 0 bridgehead atoms. The lowest BCUT2D eigenvalue weighted by molar-refractivity contribution is -0.147. The SMILES string of the molecule is CCN(CC(=O)Nc1ccc2c(c1)OCCO2)C(=O)[C@@]12CCCC[C@H]1CNC2.